The summed E-state index contributed by atoms with van der Waals surface area (Å²) in [6.45, 7) is 0.653. The maximum absolute atomic E-state index is 10.7. The highest BCUT2D eigenvalue weighted by Gasteiger charge is 2.24. The van der Waals surface area contributed by atoms with Gasteiger partial charge in [0.05, 0.1) is 6.54 Å². The zero-order chi connectivity index (χ0) is 8.48. The third-order valence-electron chi connectivity index (χ3n) is 1.24. The number of sulfone groups is 1. The molecule has 1 heterocycles. The van der Waals surface area contributed by atoms with Gasteiger partial charge in [-0.05, 0) is 0 Å². The van der Waals surface area contributed by atoms with Crippen LogP contribution in [0.15, 0.2) is 0 Å². The van der Waals surface area contributed by atoms with E-state index in [-0.39, 0.29) is 12.5 Å². The van der Waals surface area contributed by atoms with E-state index in [4.69, 9.17) is 0 Å². The molecule has 1 rings (SSSR count). The van der Waals surface area contributed by atoms with Gasteiger partial charge < -0.3 is 4.74 Å². The highest BCUT2D eigenvalue weighted by atomic mass is 32.2. The van der Waals surface area contributed by atoms with E-state index >= 15 is 0 Å². The maximum Gasteiger partial charge on any atom is 0.410 e. The van der Waals surface area contributed by atoms with Crippen molar-refractivity contribution in [1.29, 1.82) is 0 Å². The SMILES string of the molecule is CS(=O)(=O)CN1CCOC1=O. The number of carbonyl (C=O) groups excluding carboxylic acids is 1. The molecule has 1 fully saturated rings. The first-order chi connectivity index (χ1) is 4.99. The third kappa shape index (κ3) is 2.38. The predicted octanol–water partition coefficient (Wildman–Crippen LogP) is -0.559. The van der Waals surface area contributed by atoms with Crippen LogP contribution in [0.3, 0.4) is 0 Å². The smallest absolute Gasteiger partial charge is 0.410 e. The number of rotatable bonds is 2. The third-order valence-corrected chi connectivity index (χ3v) is 2.02. The number of amides is 1. The molecule has 0 aromatic heterocycles. The Bertz CT molecular complexity index is 258. The fourth-order valence-corrected chi connectivity index (χ4v) is 1.63. The lowest BCUT2D eigenvalue weighted by Crippen LogP contribution is -2.29. The molecular weight excluding hydrogens is 170 g/mol. The molecule has 0 radical (unpaired) electrons. The fourth-order valence-electron chi connectivity index (χ4n) is 0.826. The molecule has 11 heavy (non-hydrogen) atoms. The van der Waals surface area contributed by atoms with Crippen LogP contribution in [0.4, 0.5) is 4.79 Å². The van der Waals surface area contributed by atoms with Crippen molar-refractivity contribution in [3.63, 3.8) is 0 Å². The number of hydrogen-bond donors (Lipinski definition) is 0. The summed E-state index contributed by atoms with van der Waals surface area (Å²) in [5, 5.41) is 0. The molecule has 0 bridgehead atoms. The molecule has 1 amide bonds. The van der Waals surface area contributed by atoms with Gasteiger partial charge in [-0.2, -0.15) is 0 Å². The minimum Gasteiger partial charge on any atom is -0.448 e. The Morgan fingerprint density at radius 2 is 2.27 bits per heavy atom. The van der Waals surface area contributed by atoms with Crippen molar-refractivity contribution in [2.75, 3.05) is 25.3 Å². The summed E-state index contributed by atoms with van der Waals surface area (Å²) in [4.78, 5) is 11.9. The molecule has 6 heteroatoms. The normalized spacial score (nSPS) is 18.6. The highest BCUT2D eigenvalue weighted by Crippen LogP contribution is 2.03. The van der Waals surface area contributed by atoms with Crippen molar-refractivity contribution >= 4 is 15.9 Å². The molecule has 0 aliphatic carbocycles. The fraction of sp³-hybridized carbons (Fsp3) is 0.800. The molecule has 0 saturated carbocycles. The van der Waals surface area contributed by atoms with E-state index in [1.54, 1.807) is 0 Å². The van der Waals surface area contributed by atoms with E-state index in [0.29, 0.717) is 6.54 Å². The van der Waals surface area contributed by atoms with Crippen molar-refractivity contribution < 1.29 is 17.9 Å². The maximum atomic E-state index is 10.7. The van der Waals surface area contributed by atoms with E-state index in [0.717, 1.165) is 11.2 Å². The van der Waals surface area contributed by atoms with Gasteiger partial charge in [-0.25, -0.2) is 13.2 Å². The molecule has 64 valence electrons. The van der Waals surface area contributed by atoms with Crippen molar-refractivity contribution in [2.24, 2.45) is 0 Å². The summed E-state index contributed by atoms with van der Waals surface area (Å²) >= 11 is 0. The molecule has 0 N–H and O–H groups in total. The molecule has 0 aromatic carbocycles. The lowest BCUT2D eigenvalue weighted by molar-refractivity contribution is 0.162. The first-order valence-corrected chi connectivity index (χ1v) is 5.14. The Labute approximate surface area is 64.9 Å². The van der Waals surface area contributed by atoms with Crippen LogP contribution in [0, 0.1) is 0 Å². The van der Waals surface area contributed by atoms with Crippen LogP contribution in [-0.2, 0) is 14.6 Å². The Kier molecular flexibility index (Phi) is 2.03. The van der Waals surface area contributed by atoms with Gasteiger partial charge in [0.1, 0.15) is 12.5 Å². The molecule has 0 unspecified atom stereocenters. The molecule has 1 aliphatic rings. The largest absolute Gasteiger partial charge is 0.448 e. The van der Waals surface area contributed by atoms with Gasteiger partial charge in [-0.1, -0.05) is 0 Å². The quantitative estimate of drug-likeness (QED) is 0.570. The van der Waals surface area contributed by atoms with Gasteiger partial charge in [0.15, 0.2) is 9.84 Å². The van der Waals surface area contributed by atoms with Gasteiger partial charge in [-0.3, -0.25) is 4.90 Å². The van der Waals surface area contributed by atoms with Gasteiger partial charge in [0, 0.05) is 6.26 Å². The first kappa shape index (κ1) is 8.32. The lowest BCUT2D eigenvalue weighted by Gasteiger charge is -2.09. The number of ether oxygens (including phenoxy) is 1. The summed E-state index contributed by atoms with van der Waals surface area (Å²) in [6.07, 6.45) is 0.536. The van der Waals surface area contributed by atoms with Crippen LogP contribution in [-0.4, -0.2) is 44.7 Å². The van der Waals surface area contributed by atoms with Crippen LogP contribution >= 0.6 is 0 Å². The van der Waals surface area contributed by atoms with Crippen LogP contribution in [0.1, 0.15) is 0 Å². The zero-order valence-corrected chi connectivity index (χ0v) is 6.93. The zero-order valence-electron chi connectivity index (χ0n) is 6.11. The van der Waals surface area contributed by atoms with E-state index < -0.39 is 15.9 Å². The molecule has 1 aliphatic heterocycles. The minimum absolute atomic E-state index is 0.244. The molecule has 0 spiro atoms. The number of nitrogens with zero attached hydrogens (tertiary/aromatic N) is 1. The molecule has 0 aromatic rings. The standard InChI is InChI=1S/C5H9NO4S/c1-11(8,9)4-6-2-3-10-5(6)7/h2-4H2,1H3. The van der Waals surface area contributed by atoms with Crippen LogP contribution in [0.2, 0.25) is 0 Å². The van der Waals surface area contributed by atoms with Crippen molar-refractivity contribution in [1.82, 2.24) is 4.90 Å². The second-order valence-electron chi connectivity index (χ2n) is 2.43. The summed E-state index contributed by atoms with van der Waals surface area (Å²) in [6, 6.07) is 0. The number of cyclic esters (lactones) is 1. The average Bonchev–Trinajstić information content (AvgIpc) is 2.12. The molecule has 1 saturated heterocycles. The van der Waals surface area contributed by atoms with E-state index in [9.17, 15) is 13.2 Å². The Morgan fingerprint density at radius 3 is 2.64 bits per heavy atom. The summed E-state index contributed by atoms with van der Waals surface area (Å²) < 4.78 is 25.9. The van der Waals surface area contributed by atoms with Crippen LogP contribution in [0.25, 0.3) is 0 Å². The Hall–Kier alpha value is -0.780. The minimum atomic E-state index is -3.12. The van der Waals surface area contributed by atoms with Crippen LogP contribution in [0.5, 0.6) is 0 Å². The Morgan fingerprint density at radius 1 is 1.64 bits per heavy atom. The second-order valence-corrected chi connectivity index (χ2v) is 4.54. The van der Waals surface area contributed by atoms with E-state index in [2.05, 4.69) is 4.74 Å². The Balaban J connectivity index is 2.57. The number of carbonyl (C=O) groups is 1. The number of hydrogen-bond acceptors (Lipinski definition) is 4. The van der Waals surface area contributed by atoms with E-state index in [1.165, 1.54) is 0 Å². The van der Waals surface area contributed by atoms with E-state index in [1.807, 2.05) is 0 Å². The lowest BCUT2D eigenvalue weighted by atomic mass is 10.7. The van der Waals surface area contributed by atoms with Gasteiger partial charge >= 0.3 is 6.09 Å². The first-order valence-electron chi connectivity index (χ1n) is 3.08. The van der Waals surface area contributed by atoms with Crippen molar-refractivity contribution in [2.45, 2.75) is 0 Å². The van der Waals surface area contributed by atoms with Crippen molar-refractivity contribution in [3.05, 3.63) is 0 Å². The second kappa shape index (κ2) is 2.69. The van der Waals surface area contributed by atoms with Gasteiger partial charge in [0.2, 0.25) is 0 Å². The van der Waals surface area contributed by atoms with Crippen molar-refractivity contribution in [3.8, 4) is 0 Å². The highest BCUT2D eigenvalue weighted by molar-refractivity contribution is 7.90. The molecule has 0 atom stereocenters. The predicted molar refractivity (Wildman–Crippen MR) is 37.8 cm³/mol. The molecule has 5 nitrogen and oxygen atoms in total. The summed E-state index contributed by atoms with van der Waals surface area (Å²) in [5.74, 6) is -0.244. The summed E-state index contributed by atoms with van der Waals surface area (Å²) in [5.41, 5.74) is 0. The average molecular weight is 179 g/mol. The van der Waals surface area contributed by atoms with Crippen LogP contribution < -0.4 is 0 Å². The summed E-state index contributed by atoms with van der Waals surface area (Å²) in [7, 11) is -3.12. The monoisotopic (exact) mass is 179 g/mol. The topological polar surface area (TPSA) is 63.7 Å². The van der Waals surface area contributed by atoms with Gasteiger partial charge in [-0.15, -0.1) is 0 Å². The molecular formula is C5H9NO4S. The van der Waals surface area contributed by atoms with Gasteiger partial charge in [0.25, 0.3) is 0 Å².